The van der Waals surface area contributed by atoms with Gasteiger partial charge in [-0.1, -0.05) is 34.8 Å². The van der Waals surface area contributed by atoms with Gasteiger partial charge >= 0.3 is 0 Å². The maximum absolute atomic E-state index is 3.87. The molecule has 1 aromatic heterocycles. The first-order chi connectivity index (χ1) is 8.90. The molecule has 0 aliphatic carbocycles. The molecule has 0 radical (unpaired) electrons. The molecule has 1 aliphatic heterocycles. The second-order valence-corrected chi connectivity index (χ2v) is 5.42. The summed E-state index contributed by atoms with van der Waals surface area (Å²) in [6, 6.07) is 11.2. The van der Waals surface area contributed by atoms with E-state index in [1.807, 2.05) is 0 Å². The molecule has 1 aliphatic rings. The Labute approximate surface area is 111 Å². The van der Waals surface area contributed by atoms with Gasteiger partial charge in [0.2, 0.25) is 0 Å². The fourth-order valence-corrected chi connectivity index (χ4v) is 2.86. The molecule has 1 unspecified atom stereocenters. The molecular weight excluding hydrogens is 244 g/mol. The van der Waals surface area contributed by atoms with Crippen LogP contribution in [0.2, 0.25) is 0 Å². The van der Waals surface area contributed by atoms with Gasteiger partial charge in [-0.3, -0.25) is 4.90 Å². The highest BCUT2D eigenvalue weighted by atomic mass is 32.1. The molecule has 5 heteroatoms. The van der Waals surface area contributed by atoms with E-state index in [0.29, 0.717) is 6.04 Å². The molecule has 0 bridgehead atoms. The summed E-state index contributed by atoms with van der Waals surface area (Å²) in [6.45, 7) is 3.28. The number of nitrogens with one attached hydrogen (secondary N) is 1. The highest BCUT2D eigenvalue weighted by Gasteiger charge is 2.22. The predicted octanol–water partition coefficient (Wildman–Crippen LogP) is 2.22. The summed E-state index contributed by atoms with van der Waals surface area (Å²) in [5.74, 6) is 0. The Balaban J connectivity index is 1.52. The van der Waals surface area contributed by atoms with Gasteiger partial charge in [0.1, 0.15) is 5.00 Å². The summed E-state index contributed by atoms with van der Waals surface area (Å²) < 4.78 is 3.87. The van der Waals surface area contributed by atoms with Crippen LogP contribution in [0, 0.1) is 0 Å². The van der Waals surface area contributed by atoms with Gasteiger partial charge in [0, 0.05) is 37.2 Å². The molecule has 1 N–H and O–H groups in total. The van der Waals surface area contributed by atoms with Crippen molar-refractivity contribution in [2.24, 2.45) is 0 Å². The second kappa shape index (κ2) is 5.46. The largest absolute Gasteiger partial charge is 0.370 e. The van der Waals surface area contributed by atoms with E-state index in [2.05, 4.69) is 50.1 Å². The first kappa shape index (κ1) is 11.6. The summed E-state index contributed by atoms with van der Waals surface area (Å²) >= 11 is 1.42. The summed E-state index contributed by atoms with van der Waals surface area (Å²) in [7, 11) is 0. The van der Waals surface area contributed by atoms with Gasteiger partial charge in [-0.25, -0.2) is 0 Å². The summed E-state index contributed by atoms with van der Waals surface area (Å²) in [5.41, 5.74) is 1.39. The second-order valence-electron chi connectivity index (χ2n) is 4.63. The van der Waals surface area contributed by atoms with Crippen LogP contribution >= 0.6 is 11.5 Å². The number of aromatic nitrogens is 2. The number of rotatable bonds is 4. The Morgan fingerprint density at radius 3 is 3.00 bits per heavy atom. The average Bonchev–Trinajstić information content (AvgIpc) is 3.03. The van der Waals surface area contributed by atoms with E-state index in [4.69, 9.17) is 0 Å². The number of hydrogen-bond acceptors (Lipinski definition) is 5. The van der Waals surface area contributed by atoms with Gasteiger partial charge in [0.05, 0.1) is 6.20 Å². The third-order valence-corrected chi connectivity index (χ3v) is 3.82. The number of hydrogen-bond donors (Lipinski definition) is 1. The van der Waals surface area contributed by atoms with Crippen LogP contribution in [0.4, 0.5) is 5.00 Å². The van der Waals surface area contributed by atoms with Crippen molar-refractivity contribution in [3.63, 3.8) is 0 Å². The van der Waals surface area contributed by atoms with E-state index >= 15 is 0 Å². The molecule has 18 heavy (non-hydrogen) atoms. The average molecular weight is 260 g/mol. The van der Waals surface area contributed by atoms with Gasteiger partial charge in [0.15, 0.2) is 0 Å². The van der Waals surface area contributed by atoms with E-state index in [0.717, 1.165) is 24.6 Å². The minimum Gasteiger partial charge on any atom is -0.370 e. The molecule has 1 atom stereocenters. The van der Waals surface area contributed by atoms with Gasteiger partial charge in [0.25, 0.3) is 0 Å². The molecule has 1 fully saturated rings. The molecule has 1 saturated heterocycles. The molecule has 4 nitrogen and oxygen atoms in total. The Morgan fingerprint density at radius 1 is 1.33 bits per heavy atom. The maximum Gasteiger partial charge on any atom is 0.130 e. The van der Waals surface area contributed by atoms with Crippen molar-refractivity contribution in [2.45, 2.75) is 19.0 Å². The lowest BCUT2D eigenvalue weighted by atomic mass is 10.2. The van der Waals surface area contributed by atoms with Crippen molar-refractivity contribution >= 4 is 16.5 Å². The molecule has 3 rings (SSSR count). The summed E-state index contributed by atoms with van der Waals surface area (Å²) in [4.78, 5) is 2.49. The fraction of sp³-hybridized carbons (Fsp3) is 0.385. The van der Waals surface area contributed by atoms with E-state index in [-0.39, 0.29) is 0 Å². The fourth-order valence-electron chi connectivity index (χ4n) is 2.37. The topological polar surface area (TPSA) is 41.0 Å². The standard InChI is InChI=1S/C13H16N4S/c1-2-4-11(5-3-1)9-17-7-6-12(10-17)15-13-8-14-16-18-13/h1-5,8,12,15H,6-7,9-10H2. The first-order valence-electron chi connectivity index (χ1n) is 6.20. The predicted molar refractivity (Wildman–Crippen MR) is 73.7 cm³/mol. The van der Waals surface area contributed by atoms with Gasteiger partial charge in [-0.15, -0.1) is 5.10 Å². The van der Waals surface area contributed by atoms with Crippen LogP contribution in [-0.4, -0.2) is 33.6 Å². The normalized spacial score (nSPS) is 20.1. The molecule has 0 saturated carbocycles. The molecule has 2 aromatic rings. The molecule has 0 amide bonds. The minimum atomic E-state index is 0.524. The lowest BCUT2D eigenvalue weighted by Crippen LogP contribution is -2.25. The number of anilines is 1. The van der Waals surface area contributed by atoms with Crippen molar-refractivity contribution in [1.29, 1.82) is 0 Å². The number of likely N-dealkylation sites (tertiary alicyclic amines) is 1. The van der Waals surface area contributed by atoms with Gasteiger partial charge in [-0.2, -0.15) is 0 Å². The van der Waals surface area contributed by atoms with Crippen LogP contribution in [-0.2, 0) is 6.54 Å². The molecule has 0 spiro atoms. The van der Waals surface area contributed by atoms with Crippen molar-refractivity contribution < 1.29 is 0 Å². The molecule has 2 heterocycles. The monoisotopic (exact) mass is 260 g/mol. The maximum atomic E-state index is 3.87. The number of benzene rings is 1. The molecular formula is C13H16N4S. The zero-order valence-corrected chi connectivity index (χ0v) is 10.9. The van der Waals surface area contributed by atoms with E-state index < -0.39 is 0 Å². The Bertz CT molecular complexity index is 471. The SMILES string of the molecule is c1ccc(CN2CCC(Nc3cnns3)C2)cc1. The van der Waals surface area contributed by atoms with Crippen molar-refractivity contribution in [1.82, 2.24) is 14.5 Å². The third kappa shape index (κ3) is 2.86. The van der Waals surface area contributed by atoms with Crippen LogP contribution in [0.5, 0.6) is 0 Å². The van der Waals surface area contributed by atoms with E-state index in [1.165, 1.54) is 23.5 Å². The lowest BCUT2D eigenvalue weighted by Gasteiger charge is -2.16. The third-order valence-electron chi connectivity index (χ3n) is 3.23. The van der Waals surface area contributed by atoms with Crippen LogP contribution in [0.15, 0.2) is 36.5 Å². The molecule has 1 aromatic carbocycles. The Morgan fingerprint density at radius 2 is 2.22 bits per heavy atom. The Hall–Kier alpha value is -1.46. The van der Waals surface area contributed by atoms with Crippen molar-refractivity contribution in [3.8, 4) is 0 Å². The van der Waals surface area contributed by atoms with Crippen molar-refractivity contribution in [2.75, 3.05) is 18.4 Å². The Kier molecular flexibility index (Phi) is 3.52. The van der Waals surface area contributed by atoms with Gasteiger partial charge < -0.3 is 5.32 Å². The minimum absolute atomic E-state index is 0.524. The quantitative estimate of drug-likeness (QED) is 0.915. The molecule has 94 valence electrons. The van der Waals surface area contributed by atoms with E-state index in [9.17, 15) is 0 Å². The van der Waals surface area contributed by atoms with Crippen LogP contribution in [0.25, 0.3) is 0 Å². The summed E-state index contributed by atoms with van der Waals surface area (Å²) in [6.07, 6.45) is 2.98. The highest BCUT2D eigenvalue weighted by Crippen LogP contribution is 2.18. The highest BCUT2D eigenvalue weighted by molar-refractivity contribution is 7.09. The first-order valence-corrected chi connectivity index (χ1v) is 6.98. The zero-order chi connectivity index (χ0) is 12.2. The van der Waals surface area contributed by atoms with Crippen LogP contribution in [0.1, 0.15) is 12.0 Å². The lowest BCUT2D eigenvalue weighted by molar-refractivity contribution is 0.328. The van der Waals surface area contributed by atoms with Crippen molar-refractivity contribution in [3.05, 3.63) is 42.1 Å². The van der Waals surface area contributed by atoms with Gasteiger partial charge in [-0.05, 0) is 12.0 Å². The smallest absolute Gasteiger partial charge is 0.130 e. The van der Waals surface area contributed by atoms with E-state index in [1.54, 1.807) is 6.20 Å². The summed E-state index contributed by atoms with van der Waals surface area (Å²) in [5, 5.41) is 8.40. The zero-order valence-electron chi connectivity index (χ0n) is 10.1. The van der Waals surface area contributed by atoms with Crippen LogP contribution < -0.4 is 5.32 Å². The number of nitrogens with zero attached hydrogens (tertiary/aromatic N) is 3. The van der Waals surface area contributed by atoms with Crippen LogP contribution in [0.3, 0.4) is 0 Å².